The third kappa shape index (κ3) is 3.32. The molecule has 7 heteroatoms. The van der Waals surface area contributed by atoms with Gasteiger partial charge >= 0.3 is 23.9 Å². The predicted octanol–water partition coefficient (Wildman–Crippen LogP) is 2.43. The van der Waals surface area contributed by atoms with E-state index >= 15 is 0 Å². The fraction of sp³-hybridized carbons (Fsp3) is 0.158. The lowest BCUT2D eigenvalue weighted by molar-refractivity contribution is -0.138. The summed E-state index contributed by atoms with van der Waals surface area (Å²) >= 11 is 0. The summed E-state index contributed by atoms with van der Waals surface area (Å²) in [6.07, 6.45) is 2.81. The fourth-order valence-electron chi connectivity index (χ4n) is 2.58. The van der Waals surface area contributed by atoms with Crippen LogP contribution < -0.4 is 0 Å². The van der Waals surface area contributed by atoms with Gasteiger partial charge in [0.15, 0.2) is 0 Å². The van der Waals surface area contributed by atoms with E-state index in [9.17, 15) is 19.2 Å². The van der Waals surface area contributed by atoms with Gasteiger partial charge in [0, 0.05) is 6.08 Å². The van der Waals surface area contributed by atoms with Gasteiger partial charge in [-0.1, -0.05) is 18.2 Å². The minimum atomic E-state index is -0.700. The number of esters is 4. The van der Waals surface area contributed by atoms with Gasteiger partial charge in [0.05, 0.1) is 16.7 Å². The van der Waals surface area contributed by atoms with E-state index in [1.165, 1.54) is 18.2 Å². The van der Waals surface area contributed by atoms with Crippen molar-refractivity contribution >= 4 is 34.6 Å². The molecule has 1 aliphatic rings. The van der Waals surface area contributed by atoms with E-state index in [1.54, 1.807) is 31.2 Å². The van der Waals surface area contributed by atoms with Crippen molar-refractivity contribution in [1.82, 2.24) is 0 Å². The van der Waals surface area contributed by atoms with Crippen molar-refractivity contribution in [2.75, 3.05) is 13.2 Å². The number of hydrogen-bond acceptors (Lipinski definition) is 7. The molecule has 0 bridgehead atoms. The van der Waals surface area contributed by atoms with Crippen LogP contribution in [0.2, 0.25) is 0 Å². The minimum Gasteiger partial charge on any atom is -0.459 e. The molecule has 0 amide bonds. The number of benzene rings is 2. The molecule has 1 aliphatic heterocycles. The zero-order chi connectivity index (χ0) is 18.7. The zero-order valence-corrected chi connectivity index (χ0v) is 13.8. The van der Waals surface area contributed by atoms with Crippen molar-refractivity contribution in [2.24, 2.45) is 0 Å². The topological polar surface area (TPSA) is 96.0 Å². The Morgan fingerprint density at radius 1 is 1.04 bits per heavy atom. The van der Waals surface area contributed by atoms with Crippen LogP contribution in [0.25, 0.3) is 10.8 Å². The third-order valence-corrected chi connectivity index (χ3v) is 3.73. The van der Waals surface area contributed by atoms with Gasteiger partial charge in [0.25, 0.3) is 0 Å². The monoisotopic (exact) mass is 354 g/mol. The number of hydrogen-bond donors (Lipinski definition) is 0. The highest BCUT2D eigenvalue weighted by molar-refractivity contribution is 6.21. The summed E-state index contributed by atoms with van der Waals surface area (Å²) in [5.41, 5.74) is 0.680. The van der Waals surface area contributed by atoms with E-state index in [2.05, 4.69) is 4.74 Å². The molecule has 0 spiro atoms. The molecule has 1 heterocycles. The summed E-state index contributed by atoms with van der Waals surface area (Å²) in [5, 5.41) is 1.12. The van der Waals surface area contributed by atoms with Crippen LogP contribution in [0.15, 0.2) is 42.5 Å². The summed E-state index contributed by atoms with van der Waals surface area (Å²) in [4.78, 5) is 46.6. The van der Waals surface area contributed by atoms with E-state index in [-0.39, 0.29) is 29.9 Å². The van der Waals surface area contributed by atoms with Gasteiger partial charge in [0.2, 0.25) is 0 Å². The Labute approximate surface area is 148 Å². The van der Waals surface area contributed by atoms with Crippen molar-refractivity contribution in [1.29, 1.82) is 0 Å². The maximum absolute atomic E-state index is 12.1. The molecule has 0 saturated heterocycles. The van der Waals surface area contributed by atoms with Gasteiger partial charge in [-0.3, -0.25) is 0 Å². The second-order valence-electron chi connectivity index (χ2n) is 5.40. The van der Waals surface area contributed by atoms with Crippen LogP contribution >= 0.6 is 0 Å². The quantitative estimate of drug-likeness (QED) is 0.267. The van der Waals surface area contributed by atoms with E-state index in [0.29, 0.717) is 10.8 Å². The number of carbonyl (C=O) groups excluding carboxylic acids is 4. The average Bonchev–Trinajstić information content (AvgIpc) is 2.92. The van der Waals surface area contributed by atoms with Gasteiger partial charge in [-0.15, -0.1) is 0 Å². The summed E-state index contributed by atoms with van der Waals surface area (Å²) < 4.78 is 14.5. The molecule has 2 aromatic carbocycles. The number of allylic oxidation sites excluding steroid dienone is 1. The molecule has 2 aromatic rings. The number of carbonyl (C=O) groups is 4. The lowest BCUT2D eigenvalue weighted by Crippen LogP contribution is -2.13. The van der Waals surface area contributed by atoms with E-state index in [0.717, 1.165) is 0 Å². The molecule has 0 unspecified atom stereocenters. The standard InChI is InChI=1S/C19H14O7/c1-2-3-15(20)24-8-9-25-17(21)12-5-6-13-11(10-12)4-7-14-16(13)19(23)26-18(14)22/h2-7,10H,8-9H2,1H3. The highest BCUT2D eigenvalue weighted by Crippen LogP contribution is 2.29. The highest BCUT2D eigenvalue weighted by atomic mass is 16.6. The van der Waals surface area contributed by atoms with Crippen LogP contribution in [-0.4, -0.2) is 37.1 Å². The van der Waals surface area contributed by atoms with E-state index in [4.69, 9.17) is 9.47 Å². The first kappa shape index (κ1) is 17.3. The van der Waals surface area contributed by atoms with Gasteiger partial charge < -0.3 is 14.2 Å². The molecule has 7 nitrogen and oxygen atoms in total. The van der Waals surface area contributed by atoms with Gasteiger partial charge in [0.1, 0.15) is 13.2 Å². The minimum absolute atomic E-state index is 0.0516. The molecule has 0 aliphatic carbocycles. The molecule has 0 N–H and O–H groups in total. The Morgan fingerprint density at radius 2 is 1.81 bits per heavy atom. The lowest BCUT2D eigenvalue weighted by Gasteiger charge is -2.07. The second kappa shape index (κ2) is 7.18. The summed E-state index contributed by atoms with van der Waals surface area (Å²) in [6, 6.07) is 7.73. The normalized spacial score (nSPS) is 13.0. The number of ether oxygens (including phenoxy) is 3. The van der Waals surface area contributed by atoms with Crippen LogP contribution in [0.3, 0.4) is 0 Å². The van der Waals surface area contributed by atoms with Crippen LogP contribution in [0.4, 0.5) is 0 Å². The molecule has 0 radical (unpaired) electrons. The Bertz CT molecular complexity index is 956. The Hall–Kier alpha value is -3.48. The number of fused-ring (bicyclic) bond motifs is 3. The second-order valence-corrected chi connectivity index (χ2v) is 5.40. The average molecular weight is 354 g/mol. The Balaban J connectivity index is 1.72. The maximum atomic E-state index is 12.1. The summed E-state index contributed by atoms with van der Waals surface area (Å²) in [6.45, 7) is 1.56. The molecular weight excluding hydrogens is 340 g/mol. The first-order valence-electron chi connectivity index (χ1n) is 7.81. The zero-order valence-electron chi connectivity index (χ0n) is 13.8. The SMILES string of the molecule is CC=CC(=O)OCCOC(=O)c1ccc2c3c(ccc2c1)C(=O)OC3=O. The van der Waals surface area contributed by atoms with E-state index in [1.807, 2.05) is 0 Å². The number of cyclic esters (lactones) is 2. The van der Waals surface area contributed by atoms with Crippen LogP contribution in [0, 0.1) is 0 Å². The Kier molecular flexibility index (Phi) is 4.79. The summed E-state index contributed by atoms with van der Waals surface area (Å²) in [7, 11) is 0. The molecule has 0 saturated carbocycles. The van der Waals surface area contributed by atoms with Gasteiger partial charge in [-0.05, 0) is 35.9 Å². The molecule has 26 heavy (non-hydrogen) atoms. The molecule has 3 rings (SSSR count). The van der Waals surface area contributed by atoms with Crippen molar-refractivity contribution < 1.29 is 33.4 Å². The van der Waals surface area contributed by atoms with Gasteiger partial charge in [-0.2, -0.15) is 0 Å². The fourth-order valence-corrected chi connectivity index (χ4v) is 2.58. The molecule has 0 aromatic heterocycles. The smallest absolute Gasteiger partial charge is 0.347 e. The Morgan fingerprint density at radius 3 is 2.58 bits per heavy atom. The third-order valence-electron chi connectivity index (χ3n) is 3.73. The molecule has 0 fully saturated rings. The van der Waals surface area contributed by atoms with Crippen molar-refractivity contribution in [3.05, 3.63) is 59.2 Å². The first-order valence-corrected chi connectivity index (χ1v) is 7.81. The lowest BCUT2D eigenvalue weighted by atomic mass is 9.99. The molecule has 0 atom stereocenters. The van der Waals surface area contributed by atoms with Crippen LogP contribution in [-0.2, 0) is 19.0 Å². The van der Waals surface area contributed by atoms with Crippen molar-refractivity contribution in [3.63, 3.8) is 0 Å². The summed E-state index contributed by atoms with van der Waals surface area (Å²) in [5.74, 6) is -2.48. The largest absolute Gasteiger partial charge is 0.459 e. The molecule has 132 valence electrons. The maximum Gasteiger partial charge on any atom is 0.347 e. The predicted molar refractivity (Wildman–Crippen MR) is 89.7 cm³/mol. The molecular formula is C19H14O7. The van der Waals surface area contributed by atoms with Crippen molar-refractivity contribution in [2.45, 2.75) is 6.92 Å². The van der Waals surface area contributed by atoms with Crippen LogP contribution in [0.5, 0.6) is 0 Å². The highest BCUT2D eigenvalue weighted by Gasteiger charge is 2.31. The van der Waals surface area contributed by atoms with Gasteiger partial charge in [-0.25, -0.2) is 19.2 Å². The van der Waals surface area contributed by atoms with E-state index < -0.39 is 23.9 Å². The van der Waals surface area contributed by atoms with Crippen LogP contribution in [0.1, 0.15) is 38.0 Å². The first-order chi connectivity index (χ1) is 12.5. The van der Waals surface area contributed by atoms with Crippen molar-refractivity contribution in [3.8, 4) is 0 Å². The number of rotatable bonds is 5.